The summed E-state index contributed by atoms with van der Waals surface area (Å²) < 4.78 is 6.63. The summed E-state index contributed by atoms with van der Waals surface area (Å²) in [4.78, 5) is 1.08. The van der Waals surface area contributed by atoms with Gasteiger partial charge in [0.25, 0.3) is 0 Å². The standard InChI is InChI=1S/C15H18O2S/c1-15(16,12-6-8-17-9-7-12)14-10-11-4-2-3-5-13(11)18-14/h2-5,10,12,16H,6-9H2,1H3. The monoisotopic (exact) mass is 262 g/mol. The van der Waals surface area contributed by atoms with E-state index in [9.17, 15) is 5.11 Å². The Labute approximate surface area is 111 Å². The summed E-state index contributed by atoms with van der Waals surface area (Å²) in [5, 5.41) is 12.1. The van der Waals surface area contributed by atoms with Gasteiger partial charge < -0.3 is 9.84 Å². The molecule has 1 atom stereocenters. The summed E-state index contributed by atoms with van der Waals surface area (Å²) in [6.45, 7) is 3.49. The number of fused-ring (bicyclic) bond motifs is 1. The lowest BCUT2D eigenvalue weighted by Gasteiger charge is -2.34. The summed E-state index contributed by atoms with van der Waals surface area (Å²) in [6, 6.07) is 10.4. The van der Waals surface area contributed by atoms with Crippen LogP contribution in [0.4, 0.5) is 0 Å². The van der Waals surface area contributed by atoms with E-state index < -0.39 is 5.60 Å². The van der Waals surface area contributed by atoms with Gasteiger partial charge in [-0.3, -0.25) is 0 Å². The molecule has 1 N–H and O–H groups in total. The molecule has 0 radical (unpaired) electrons. The lowest BCUT2D eigenvalue weighted by atomic mass is 9.82. The number of ether oxygens (including phenoxy) is 1. The highest BCUT2D eigenvalue weighted by Crippen LogP contribution is 2.40. The van der Waals surface area contributed by atoms with Gasteiger partial charge in [-0.1, -0.05) is 18.2 Å². The quantitative estimate of drug-likeness (QED) is 0.897. The number of hydrogen-bond donors (Lipinski definition) is 1. The maximum absolute atomic E-state index is 10.9. The minimum Gasteiger partial charge on any atom is -0.384 e. The molecule has 1 unspecified atom stereocenters. The van der Waals surface area contributed by atoms with Crippen LogP contribution >= 0.6 is 11.3 Å². The van der Waals surface area contributed by atoms with Gasteiger partial charge in [-0.2, -0.15) is 0 Å². The van der Waals surface area contributed by atoms with Crippen molar-refractivity contribution in [2.75, 3.05) is 13.2 Å². The van der Waals surface area contributed by atoms with E-state index in [0.29, 0.717) is 5.92 Å². The Bertz CT molecular complexity index is 505. The molecule has 1 saturated heterocycles. The first-order valence-electron chi connectivity index (χ1n) is 6.47. The van der Waals surface area contributed by atoms with Crippen LogP contribution in [0.3, 0.4) is 0 Å². The highest BCUT2D eigenvalue weighted by atomic mass is 32.1. The van der Waals surface area contributed by atoms with Crippen LogP contribution in [0.2, 0.25) is 0 Å². The van der Waals surface area contributed by atoms with Gasteiger partial charge in [0.15, 0.2) is 0 Å². The minimum atomic E-state index is -0.729. The topological polar surface area (TPSA) is 29.5 Å². The summed E-state index contributed by atoms with van der Waals surface area (Å²) in [5.74, 6) is 0.305. The van der Waals surface area contributed by atoms with Crippen molar-refractivity contribution in [2.24, 2.45) is 5.92 Å². The van der Waals surface area contributed by atoms with Crippen molar-refractivity contribution < 1.29 is 9.84 Å². The van der Waals surface area contributed by atoms with E-state index in [4.69, 9.17) is 4.74 Å². The van der Waals surface area contributed by atoms with Gasteiger partial charge in [0.2, 0.25) is 0 Å². The Morgan fingerprint density at radius 2 is 2.00 bits per heavy atom. The van der Waals surface area contributed by atoms with E-state index in [0.717, 1.165) is 30.9 Å². The van der Waals surface area contributed by atoms with Crippen molar-refractivity contribution in [3.8, 4) is 0 Å². The Kier molecular flexibility index (Phi) is 3.14. The average molecular weight is 262 g/mol. The SMILES string of the molecule is CC(O)(c1cc2ccccc2s1)C1CCOCC1. The van der Waals surface area contributed by atoms with Gasteiger partial charge >= 0.3 is 0 Å². The van der Waals surface area contributed by atoms with E-state index in [2.05, 4.69) is 18.2 Å². The molecule has 3 heteroatoms. The second kappa shape index (κ2) is 4.65. The zero-order valence-corrected chi connectivity index (χ0v) is 11.4. The first-order chi connectivity index (χ1) is 8.68. The molecule has 0 bridgehead atoms. The maximum Gasteiger partial charge on any atom is 0.0989 e. The molecule has 0 spiro atoms. The molecule has 1 aromatic heterocycles. The van der Waals surface area contributed by atoms with Crippen LogP contribution in [0.15, 0.2) is 30.3 Å². The zero-order chi connectivity index (χ0) is 12.6. The lowest BCUT2D eigenvalue weighted by Crippen LogP contribution is -2.35. The molecule has 1 aliphatic rings. The smallest absolute Gasteiger partial charge is 0.0989 e. The fourth-order valence-corrected chi connectivity index (χ4v) is 3.88. The fourth-order valence-electron chi connectivity index (χ4n) is 2.69. The summed E-state index contributed by atoms with van der Waals surface area (Å²) >= 11 is 1.71. The Morgan fingerprint density at radius 3 is 2.72 bits per heavy atom. The molecule has 2 heterocycles. The van der Waals surface area contributed by atoms with Crippen molar-refractivity contribution in [2.45, 2.75) is 25.4 Å². The maximum atomic E-state index is 10.9. The largest absolute Gasteiger partial charge is 0.384 e. The average Bonchev–Trinajstić information content (AvgIpc) is 2.84. The van der Waals surface area contributed by atoms with E-state index in [-0.39, 0.29) is 0 Å². The molecular weight excluding hydrogens is 244 g/mol. The van der Waals surface area contributed by atoms with Crippen LogP contribution in [0.25, 0.3) is 10.1 Å². The Balaban J connectivity index is 1.96. The third-order valence-electron chi connectivity index (χ3n) is 3.94. The third kappa shape index (κ3) is 2.07. The second-order valence-corrected chi connectivity index (χ2v) is 6.27. The zero-order valence-electron chi connectivity index (χ0n) is 10.6. The van der Waals surface area contributed by atoms with Crippen LogP contribution in [0, 0.1) is 5.92 Å². The van der Waals surface area contributed by atoms with Crippen LogP contribution in [0.1, 0.15) is 24.6 Å². The molecule has 2 nitrogen and oxygen atoms in total. The van der Waals surface area contributed by atoms with Gasteiger partial charge in [-0.05, 0) is 43.2 Å². The van der Waals surface area contributed by atoms with Crippen molar-refractivity contribution in [3.63, 3.8) is 0 Å². The molecule has 1 aromatic carbocycles. The van der Waals surface area contributed by atoms with Crippen molar-refractivity contribution in [3.05, 3.63) is 35.2 Å². The number of thiophene rings is 1. The number of hydrogen-bond acceptors (Lipinski definition) is 3. The lowest BCUT2D eigenvalue weighted by molar-refractivity contribution is -0.0556. The van der Waals surface area contributed by atoms with Gasteiger partial charge in [-0.25, -0.2) is 0 Å². The second-order valence-electron chi connectivity index (χ2n) is 5.18. The molecule has 18 heavy (non-hydrogen) atoms. The highest BCUT2D eigenvalue weighted by molar-refractivity contribution is 7.19. The number of aliphatic hydroxyl groups is 1. The molecule has 0 aliphatic carbocycles. The Morgan fingerprint density at radius 1 is 1.28 bits per heavy atom. The summed E-state index contributed by atoms with van der Waals surface area (Å²) in [6.07, 6.45) is 1.89. The van der Waals surface area contributed by atoms with Gasteiger partial charge in [-0.15, -0.1) is 11.3 Å². The predicted molar refractivity (Wildman–Crippen MR) is 74.9 cm³/mol. The molecular formula is C15H18O2S. The molecule has 0 amide bonds. The molecule has 96 valence electrons. The van der Waals surface area contributed by atoms with Crippen LogP contribution in [0.5, 0.6) is 0 Å². The van der Waals surface area contributed by atoms with E-state index >= 15 is 0 Å². The predicted octanol–water partition coefficient (Wildman–Crippen LogP) is 3.54. The third-order valence-corrected chi connectivity index (χ3v) is 5.28. The van der Waals surface area contributed by atoms with E-state index in [1.165, 1.54) is 10.1 Å². The first kappa shape index (κ1) is 12.2. The van der Waals surface area contributed by atoms with Crippen LogP contribution in [-0.4, -0.2) is 18.3 Å². The van der Waals surface area contributed by atoms with E-state index in [1.54, 1.807) is 11.3 Å². The van der Waals surface area contributed by atoms with Gasteiger partial charge in [0.1, 0.15) is 0 Å². The minimum absolute atomic E-state index is 0.305. The number of rotatable bonds is 2. The van der Waals surface area contributed by atoms with Crippen molar-refractivity contribution in [1.29, 1.82) is 0 Å². The number of benzene rings is 1. The Hall–Kier alpha value is -0.900. The molecule has 1 aliphatic heterocycles. The molecule has 0 saturated carbocycles. The van der Waals surface area contributed by atoms with Gasteiger partial charge in [0.05, 0.1) is 5.60 Å². The fraction of sp³-hybridized carbons (Fsp3) is 0.467. The molecule has 3 rings (SSSR count). The summed E-state index contributed by atoms with van der Waals surface area (Å²) in [5.41, 5.74) is -0.729. The van der Waals surface area contributed by atoms with Crippen LogP contribution in [-0.2, 0) is 10.3 Å². The normalized spacial score (nSPS) is 21.0. The van der Waals surface area contributed by atoms with Crippen molar-refractivity contribution >= 4 is 21.4 Å². The highest BCUT2D eigenvalue weighted by Gasteiger charge is 2.36. The van der Waals surface area contributed by atoms with Gasteiger partial charge in [0, 0.05) is 22.8 Å². The first-order valence-corrected chi connectivity index (χ1v) is 7.29. The molecule has 2 aromatic rings. The molecule has 1 fully saturated rings. The van der Waals surface area contributed by atoms with Crippen LogP contribution < -0.4 is 0 Å². The summed E-state index contributed by atoms with van der Waals surface area (Å²) in [7, 11) is 0. The van der Waals surface area contributed by atoms with Crippen molar-refractivity contribution in [1.82, 2.24) is 0 Å². The van der Waals surface area contributed by atoms with E-state index in [1.807, 2.05) is 19.1 Å².